The average molecular weight is 192 g/mol. The van der Waals surface area contributed by atoms with Gasteiger partial charge in [-0.1, -0.05) is 0 Å². The van der Waals surface area contributed by atoms with Gasteiger partial charge in [0.25, 0.3) is 10.2 Å². The number of hydrogen-bond acceptors (Lipinski definition) is 2. The summed E-state index contributed by atoms with van der Waals surface area (Å²) in [6, 6.07) is 0. The van der Waals surface area contributed by atoms with E-state index in [0.717, 1.165) is 6.42 Å². The van der Waals surface area contributed by atoms with Gasteiger partial charge in [-0.2, -0.15) is 17.4 Å². The average Bonchev–Trinajstić information content (AvgIpc) is 1.45. The summed E-state index contributed by atoms with van der Waals surface area (Å²) in [7, 11) is -3.20. The maximum atomic E-state index is 11.4. The van der Waals surface area contributed by atoms with Crippen molar-refractivity contribution in [1.29, 1.82) is 0 Å². The first kappa shape index (κ1) is 9.95. The maximum absolute atomic E-state index is 11.4. The fourth-order valence-corrected chi connectivity index (χ4v) is 2.62. The van der Waals surface area contributed by atoms with Gasteiger partial charge in [0.1, 0.15) is 0 Å². The molecule has 12 heavy (non-hydrogen) atoms. The first-order chi connectivity index (χ1) is 5.31. The van der Waals surface area contributed by atoms with Crippen molar-refractivity contribution in [1.82, 2.24) is 9.03 Å². The molecule has 0 aromatic carbocycles. The number of nitrogens with zero attached hydrogens (tertiary/aromatic N) is 1. The molecule has 0 unspecified atom stereocenters. The van der Waals surface area contributed by atoms with E-state index in [0.29, 0.717) is 13.1 Å². The van der Waals surface area contributed by atoms with Crippen molar-refractivity contribution in [2.45, 2.75) is 32.7 Å². The van der Waals surface area contributed by atoms with Crippen LogP contribution in [-0.4, -0.2) is 31.4 Å². The molecule has 0 amide bonds. The molecule has 0 saturated carbocycles. The largest absolute Gasteiger partial charge is 0.279 e. The summed E-state index contributed by atoms with van der Waals surface area (Å²) < 4.78 is 26.9. The van der Waals surface area contributed by atoms with Crippen LogP contribution in [-0.2, 0) is 10.2 Å². The van der Waals surface area contributed by atoms with Crippen molar-refractivity contribution in [3.63, 3.8) is 0 Å². The van der Waals surface area contributed by atoms with Crippen LogP contribution >= 0.6 is 0 Å². The van der Waals surface area contributed by atoms with E-state index in [-0.39, 0.29) is 5.54 Å². The Morgan fingerprint density at radius 2 is 1.75 bits per heavy atom. The molecule has 0 bridgehead atoms. The van der Waals surface area contributed by atoms with Crippen LogP contribution in [0.2, 0.25) is 0 Å². The van der Waals surface area contributed by atoms with E-state index in [1.165, 1.54) is 4.31 Å². The van der Waals surface area contributed by atoms with E-state index in [1.54, 1.807) is 0 Å². The minimum Gasteiger partial charge on any atom is -0.197 e. The summed E-state index contributed by atoms with van der Waals surface area (Å²) in [4.78, 5) is 0. The van der Waals surface area contributed by atoms with E-state index >= 15 is 0 Å². The third-order valence-electron chi connectivity index (χ3n) is 1.59. The lowest BCUT2D eigenvalue weighted by Crippen LogP contribution is -2.53. The number of rotatable bonds is 2. The highest BCUT2D eigenvalue weighted by molar-refractivity contribution is 7.87. The molecule has 0 aliphatic carbocycles. The Kier molecular flexibility index (Phi) is 2.47. The molecule has 1 rings (SSSR count). The van der Waals surface area contributed by atoms with Crippen LogP contribution in [0.3, 0.4) is 0 Å². The van der Waals surface area contributed by atoms with E-state index in [4.69, 9.17) is 0 Å². The second-order valence-electron chi connectivity index (χ2n) is 4.11. The first-order valence-corrected chi connectivity index (χ1v) is 5.54. The van der Waals surface area contributed by atoms with E-state index in [2.05, 4.69) is 4.72 Å². The van der Waals surface area contributed by atoms with Gasteiger partial charge in [-0.25, -0.2) is 0 Å². The zero-order valence-electron chi connectivity index (χ0n) is 7.79. The maximum Gasteiger partial charge on any atom is 0.279 e. The molecular weight excluding hydrogens is 176 g/mol. The highest BCUT2D eigenvalue weighted by Crippen LogP contribution is 2.13. The van der Waals surface area contributed by atoms with E-state index in [9.17, 15) is 8.42 Å². The van der Waals surface area contributed by atoms with Crippen LogP contribution in [0.1, 0.15) is 27.2 Å². The van der Waals surface area contributed by atoms with Crippen LogP contribution in [0.15, 0.2) is 0 Å². The summed E-state index contributed by atoms with van der Waals surface area (Å²) >= 11 is 0. The molecule has 5 heteroatoms. The van der Waals surface area contributed by atoms with Gasteiger partial charge < -0.3 is 0 Å². The van der Waals surface area contributed by atoms with Crippen molar-refractivity contribution in [3.05, 3.63) is 0 Å². The fourth-order valence-electron chi connectivity index (χ4n) is 0.979. The Labute approximate surface area is 74.1 Å². The SMILES string of the molecule is CC(C)(C)NS(=O)(=O)N1CCC1. The number of hydrogen-bond donors (Lipinski definition) is 1. The molecule has 72 valence electrons. The lowest BCUT2D eigenvalue weighted by atomic mass is 10.1. The fraction of sp³-hybridized carbons (Fsp3) is 1.00. The number of nitrogens with one attached hydrogen (secondary N) is 1. The predicted octanol–water partition coefficient (Wildman–Crippen LogP) is 0.325. The first-order valence-electron chi connectivity index (χ1n) is 4.10. The van der Waals surface area contributed by atoms with Crippen LogP contribution in [0, 0.1) is 0 Å². The predicted molar refractivity (Wildman–Crippen MR) is 48.0 cm³/mol. The minimum absolute atomic E-state index is 0.381. The topological polar surface area (TPSA) is 49.4 Å². The molecule has 1 aliphatic heterocycles. The lowest BCUT2D eigenvalue weighted by molar-refractivity contribution is 0.297. The van der Waals surface area contributed by atoms with E-state index < -0.39 is 10.2 Å². The molecule has 1 N–H and O–H groups in total. The Morgan fingerprint density at radius 3 is 2.00 bits per heavy atom. The molecule has 0 aromatic heterocycles. The lowest BCUT2D eigenvalue weighted by Gasteiger charge is -2.33. The smallest absolute Gasteiger partial charge is 0.197 e. The molecule has 0 aromatic rings. The second kappa shape index (κ2) is 2.97. The molecule has 4 nitrogen and oxygen atoms in total. The van der Waals surface area contributed by atoms with E-state index in [1.807, 2.05) is 20.8 Å². The van der Waals surface area contributed by atoms with Crippen molar-refractivity contribution in [2.75, 3.05) is 13.1 Å². The second-order valence-corrected chi connectivity index (χ2v) is 5.78. The Balaban J connectivity index is 2.60. The summed E-state index contributed by atoms with van der Waals surface area (Å²) in [6.45, 7) is 6.83. The van der Waals surface area contributed by atoms with Crippen LogP contribution < -0.4 is 4.72 Å². The summed E-state index contributed by atoms with van der Waals surface area (Å²) in [5.41, 5.74) is -0.381. The van der Waals surface area contributed by atoms with Gasteiger partial charge in [0.05, 0.1) is 0 Å². The summed E-state index contributed by atoms with van der Waals surface area (Å²) in [6.07, 6.45) is 0.977. The molecule has 1 saturated heterocycles. The van der Waals surface area contributed by atoms with Gasteiger partial charge in [0, 0.05) is 18.6 Å². The van der Waals surface area contributed by atoms with Crippen molar-refractivity contribution < 1.29 is 8.42 Å². The van der Waals surface area contributed by atoms with Crippen molar-refractivity contribution in [2.24, 2.45) is 0 Å². The van der Waals surface area contributed by atoms with Crippen LogP contribution in [0.5, 0.6) is 0 Å². The van der Waals surface area contributed by atoms with Gasteiger partial charge in [-0.05, 0) is 27.2 Å². The molecule has 1 fully saturated rings. The van der Waals surface area contributed by atoms with Crippen molar-refractivity contribution >= 4 is 10.2 Å². The monoisotopic (exact) mass is 192 g/mol. The molecule has 1 heterocycles. The van der Waals surface area contributed by atoms with Gasteiger partial charge in [-0.3, -0.25) is 0 Å². The highest BCUT2D eigenvalue weighted by atomic mass is 32.2. The Morgan fingerprint density at radius 1 is 1.25 bits per heavy atom. The molecular formula is C7H16N2O2S. The Bertz CT molecular complexity index is 249. The molecule has 1 aliphatic rings. The van der Waals surface area contributed by atoms with Gasteiger partial charge >= 0.3 is 0 Å². The zero-order valence-corrected chi connectivity index (χ0v) is 8.61. The van der Waals surface area contributed by atoms with Gasteiger partial charge in [0.15, 0.2) is 0 Å². The Hall–Kier alpha value is -0.130. The third-order valence-corrected chi connectivity index (χ3v) is 3.51. The molecule has 0 atom stereocenters. The standard InChI is InChI=1S/C7H16N2O2S/c1-7(2,3)8-12(10,11)9-5-4-6-9/h8H,4-6H2,1-3H3. The summed E-state index contributed by atoms with van der Waals surface area (Å²) in [5.74, 6) is 0. The molecule has 0 radical (unpaired) electrons. The third kappa shape index (κ3) is 2.43. The van der Waals surface area contributed by atoms with Crippen LogP contribution in [0.25, 0.3) is 0 Å². The molecule has 0 spiro atoms. The normalized spacial score (nSPS) is 20.6. The summed E-state index contributed by atoms with van der Waals surface area (Å²) in [5, 5.41) is 0. The minimum atomic E-state index is -3.20. The zero-order chi connectivity index (χ0) is 9.41. The highest BCUT2D eigenvalue weighted by Gasteiger charge is 2.30. The van der Waals surface area contributed by atoms with Crippen LogP contribution in [0.4, 0.5) is 0 Å². The van der Waals surface area contributed by atoms with Gasteiger partial charge in [0.2, 0.25) is 0 Å². The quantitative estimate of drug-likeness (QED) is 0.685. The van der Waals surface area contributed by atoms with Crippen molar-refractivity contribution in [3.8, 4) is 0 Å². The van der Waals surface area contributed by atoms with Gasteiger partial charge in [-0.15, -0.1) is 0 Å².